The highest BCUT2D eigenvalue weighted by molar-refractivity contribution is 14.0. The monoisotopic (exact) mass is 429 g/mol. The first-order chi connectivity index (χ1) is 10.1. The molecule has 134 valence electrons. The van der Waals surface area contributed by atoms with E-state index in [1.165, 1.54) is 0 Å². The van der Waals surface area contributed by atoms with Crippen LogP contribution in [0.25, 0.3) is 0 Å². The Labute approximate surface area is 154 Å². The summed E-state index contributed by atoms with van der Waals surface area (Å²) >= 11 is 0. The maximum absolute atomic E-state index is 5.06. The topological polar surface area (TPSA) is 52.1 Å². The lowest BCUT2D eigenvalue weighted by molar-refractivity contribution is 0.180. The molecule has 0 rings (SSSR count). The maximum Gasteiger partial charge on any atom is 0.191 e. The molecule has 0 aliphatic heterocycles. The number of hydrogen-bond donors (Lipinski definition) is 2. The third-order valence-electron chi connectivity index (χ3n) is 3.05. The molecule has 0 unspecified atom stereocenters. The number of halogens is 1. The SMILES string of the molecule is CCNC(=NCCCN(C)C)NCCN(C)CCCOC.I. The average Bonchev–Trinajstić information content (AvgIpc) is 2.43. The van der Waals surface area contributed by atoms with Gasteiger partial charge in [0.2, 0.25) is 0 Å². The van der Waals surface area contributed by atoms with Crippen LogP contribution in [0.2, 0.25) is 0 Å². The first kappa shape index (κ1) is 24.1. The fraction of sp³-hybridized carbons (Fsp3) is 0.933. The third-order valence-corrected chi connectivity index (χ3v) is 3.05. The number of guanidine groups is 1. The molecule has 22 heavy (non-hydrogen) atoms. The number of methoxy groups -OCH3 is 1. The quantitative estimate of drug-likeness (QED) is 0.211. The molecular formula is C15H36IN5O. The largest absolute Gasteiger partial charge is 0.385 e. The zero-order valence-electron chi connectivity index (χ0n) is 15.0. The van der Waals surface area contributed by atoms with E-state index in [-0.39, 0.29) is 24.0 Å². The molecule has 7 heteroatoms. The molecule has 0 saturated heterocycles. The summed E-state index contributed by atoms with van der Waals surface area (Å²) in [6, 6.07) is 0. The van der Waals surface area contributed by atoms with Gasteiger partial charge in [0.05, 0.1) is 0 Å². The third kappa shape index (κ3) is 16.3. The van der Waals surface area contributed by atoms with Crippen molar-refractivity contribution in [1.29, 1.82) is 0 Å². The van der Waals surface area contributed by atoms with Crippen LogP contribution < -0.4 is 10.6 Å². The van der Waals surface area contributed by atoms with Crippen molar-refractivity contribution in [3.63, 3.8) is 0 Å². The van der Waals surface area contributed by atoms with Gasteiger partial charge < -0.3 is 25.2 Å². The van der Waals surface area contributed by atoms with Crippen LogP contribution in [0.4, 0.5) is 0 Å². The molecule has 0 amide bonds. The van der Waals surface area contributed by atoms with Crippen molar-refractivity contribution >= 4 is 29.9 Å². The molecule has 6 nitrogen and oxygen atoms in total. The van der Waals surface area contributed by atoms with Crippen molar-refractivity contribution in [1.82, 2.24) is 20.4 Å². The molecule has 0 aromatic rings. The van der Waals surface area contributed by atoms with Crippen molar-refractivity contribution in [3.8, 4) is 0 Å². The summed E-state index contributed by atoms with van der Waals surface area (Å²) in [7, 11) is 8.06. The molecule has 0 atom stereocenters. The Bertz CT molecular complexity index is 264. The van der Waals surface area contributed by atoms with Crippen LogP contribution in [0.3, 0.4) is 0 Å². The Balaban J connectivity index is 0. The lowest BCUT2D eigenvalue weighted by atomic mass is 10.4. The molecule has 0 fully saturated rings. The summed E-state index contributed by atoms with van der Waals surface area (Å²) in [6.45, 7) is 8.72. The molecule has 2 N–H and O–H groups in total. The zero-order valence-corrected chi connectivity index (χ0v) is 17.4. The van der Waals surface area contributed by atoms with E-state index < -0.39 is 0 Å². The standard InChI is InChI=1S/C15H35N5O.HI/c1-6-16-15(17-9-7-11-19(2)3)18-10-13-20(4)12-8-14-21-5;/h6-14H2,1-5H3,(H2,16,17,18);1H. The molecular weight excluding hydrogens is 393 g/mol. The van der Waals surface area contributed by atoms with Crippen LogP contribution in [0.5, 0.6) is 0 Å². The highest BCUT2D eigenvalue weighted by Gasteiger charge is 2.00. The number of nitrogens with zero attached hydrogens (tertiary/aromatic N) is 3. The van der Waals surface area contributed by atoms with Gasteiger partial charge in [0.1, 0.15) is 0 Å². The summed E-state index contributed by atoms with van der Waals surface area (Å²) in [5, 5.41) is 6.67. The summed E-state index contributed by atoms with van der Waals surface area (Å²) in [6.07, 6.45) is 2.16. The van der Waals surface area contributed by atoms with Gasteiger partial charge in [-0.15, -0.1) is 24.0 Å². The van der Waals surface area contributed by atoms with E-state index in [1.54, 1.807) is 7.11 Å². The first-order valence-electron chi connectivity index (χ1n) is 7.94. The van der Waals surface area contributed by atoms with Crippen LogP contribution in [0, 0.1) is 0 Å². The molecule has 0 bridgehead atoms. The highest BCUT2D eigenvalue weighted by atomic mass is 127. The molecule has 0 aromatic carbocycles. The Morgan fingerprint density at radius 1 is 1.05 bits per heavy atom. The number of ether oxygens (including phenoxy) is 1. The second-order valence-corrected chi connectivity index (χ2v) is 5.49. The minimum Gasteiger partial charge on any atom is -0.385 e. The van der Waals surface area contributed by atoms with Gasteiger partial charge in [-0.2, -0.15) is 0 Å². The van der Waals surface area contributed by atoms with Gasteiger partial charge in [-0.05, 0) is 47.5 Å². The predicted octanol–water partition coefficient (Wildman–Crippen LogP) is 1.08. The summed E-state index contributed by atoms with van der Waals surface area (Å²) < 4.78 is 5.06. The number of aliphatic imine (C=N–C) groups is 1. The van der Waals surface area contributed by atoms with E-state index in [0.717, 1.165) is 64.7 Å². The molecule has 0 aliphatic carbocycles. The Morgan fingerprint density at radius 2 is 1.77 bits per heavy atom. The average molecular weight is 429 g/mol. The van der Waals surface area contributed by atoms with E-state index in [9.17, 15) is 0 Å². The zero-order chi connectivity index (χ0) is 15.9. The van der Waals surface area contributed by atoms with Crippen molar-refractivity contribution in [2.75, 3.05) is 74.1 Å². The van der Waals surface area contributed by atoms with Gasteiger partial charge in [0.25, 0.3) is 0 Å². The van der Waals surface area contributed by atoms with Crippen molar-refractivity contribution in [2.45, 2.75) is 19.8 Å². The predicted molar refractivity (Wildman–Crippen MR) is 107 cm³/mol. The normalized spacial score (nSPS) is 11.7. The van der Waals surface area contributed by atoms with E-state index >= 15 is 0 Å². The smallest absolute Gasteiger partial charge is 0.191 e. The van der Waals surface area contributed by atoms with Crippen LogP contribution in [0.15, 0.2) is 4.99 Å². The fourth-order valence-electron chi connectivity index (χ4n) is 1.88. The summed E-state index contributed by atoms with van der Waals surface area (Å²) in [5.74, 6) is 0.918. The minimum atomic E-state index is 0. The molecule has 0 heterocycles. The minimum absolute atomic E-state index is 0. The maximum atomic E-state index is 5.06. The molecule has 0 radical (unpaired) electrons. The van der Waals surface area contributed by atoms with Crippen LogP contribution >= 0.6 is 24.0 Å². The van der Waals surface area contributed by atoms with Crippen molar-refractivity contribution in [2.24, 2.45) is 4.99 Å². The summed E-state index contributed by atoms with van der Waals surface area (Å²) in [5.41, 5.74) is 0. The number of hydrogen-bond acceptors (Lipinski definition) is 4. The van der Waals surface area contributed by atoms with Crippen LogP contribution in [-0.2, 0) is 4.74 Å². The Morgan fingerprint density at radius 3 is 2.36 bits per heavy atom. The van der Waals surface area contributed by atoms with E-state index in [1.807, 2.05) is 0 Å². The lowest BCUT2D eigenvalue weighted by Gasteiger charge is -2.18. The number of rotatable bonds is 12. The van der Waals surface area contributed by atoms with Gasteiger partial charge in [-0.3, -0.25) is 4.99 Å². The lowest BCUT2D eigenvalue weighted by Crippen LogP contribution is -2.41. The second kappa shape index (κ2) is 17.2. The van der Waals surface area contributed by atoms with Crippen molar-refractivity contribution < 1.29 is 4.74 Å². The van der Waals surface area contributed by atoms with Gasteiger partial charge in [-0.25, -0.2) is 0 Å². The molecule has 0 spiro atoms. The number of nitrogens with one attached hydrogen (secondary N) is 2. The first-order valence-corrected chi connectivity index (χ1v) is 7.94. The van der Waals surface area contributed by atoms with Crippen LogP contribution in [-0.4, -0.2) is 89.9 Å². The number of likely N-dealkylation sites (N-methyl/N-ethyl adjacent to an activating group) is 1. The molecule has 0 aliphatic rings. The van der Waals surface area contributed by atoms with Gasteiger partial charge >= 0.3 is 0 Å². The van der Waals surface area contributed by atoms with Gasteiger partial charge in [0, 0.05) is 46.4 Å². The van der Waals surface area contributed by atoms with Crippen LogP contribution in [0.1, 0.15) is 19.8 Å². The Kier molecular flexibility index (Phi) is 18.9. The molecule has 0 saturated carbocycles. The van der Waals surface area contributed by atoms with E-state index in [0.29, 0.717) is 0 Å². The van der Waals surface area contributed by atoms with E-state index in [4.69, 9.17) is 4.74 Å². The van der Waals surface area contributed by atoms with E-state index in [2.05, 4.69) is 53.5 Å². The fourth-order valence-corrected chi connectivity index (χ4v) is 1.88. The van der Waals surface area contributed by atoms with Gasteiger partial charge in [-0.1, -0.05) is 0 Å². The van der Waals surface area contributed by atoms with Gasteiger partial charge in [0.15, 0.2) is 5.96 Å². The highest BCUT2D eigenvalue weighted by Crippen LogP contribution is 1.88. The van der Waals surface area contributed by atoms with Crippen molar-refractivity contribution in [3.05, 3.63) is 0 Å². The Hall–Kier alpha value is -0.120. The summed E-state index contributed by atoms with van der Waals surface area (Å²) in [4.78, 5) is 9.08. The molecule has 0 aromatic heterocycles. The second-order valence-electron chi connectivity index (χ2n) is 5.49.